The van der Waals surface area contributed by atoms with Crippen LogP contribution in [0.2, 0.25) is 0 Å². The molecule has 21 heavy (non-hydrogen) atoms. The number of benzene rings is 1. The second-order valence-corrected chi connectivity index (χ2v) is 6.07. The van der Waals surface area contributed by atoms with Crippen LogP contribution in [0.5, 0.6) is 5.75 Å². The highest BCUT2D eigenvalue weighted by atomic mass is 35.5. The Kier molecular flexibility index (Phi) is 7.93. The maximum atomic E-state index is 12.4. The van der Waals surface area contributed by atoms with Crippen molar-refractivity contribution in [1.29, 1.82) is 0 Å². The topological polar surface area (TPSA) is 52.6 Å². The lowest BCUT2D eigenvalue weighted by molar-refractivity contribution is -0.130. The summed E-state index contributed by atoms with van der Waals surface area (Å²) in [6.07, 6.45) is 2.04. The zero-order valence-corrected chi connectivity index (χ0v) is 13.9. The third-order valence-corrected chi connectivity index (χ3v) is 4.46. The van der Waals surface area contributed by atoms with E-state index in [1.54, 1.807) is 12.1 Å². The number of rotatable bonds is 6. The van der Waals surface area contributed by atoms with Crippen LogP contribution < -0.4 is 5.32 Å². The highest BCUT2D eigenvalue weighted by molar-refractivity contribution is 8.00. The van der Waals surface area contributed by atoms with E-state index in [0.717, 1.165) is 37.4 Å². The van der Waals surface area contributed by atoms with Crippen molar-refractivity contribution in [3.63, 3.8) is 0 Å². The van der Waals surface area contributed by atoms with Crippen LogP contribution in [0.25, 0.3) is 0 Å². The summed E-state index contributed by atoms with van der Waals surface area (Å²) >= 11 is 1.53. The van der Waals surface area contributed by atoms with Crippen LogP contribution in [0.1, 0.15) is 19.8 Å². The molecule has 0 saturated carbocycles. The number of hydrogen-bond donors (Lipinski definition) is 2. The molecule has 1 fully saturated rings. The minimum absolute atomic E-state index is 0. The van der Waals surface area contributed by atoms with E-state index in [9.17, 15) is 9.90 Å². The number of halogens is 1. The Morgan fingerprint density at radius 3 is 2.71 bits per heavy atom. The molecule has 1 heterocycles. The van der Waals surface area contributed by atoms with E-state index in [1.807, 2.05) is 17.0 Å². The van der Waals surface area contributed by atoms with E-state index in [-0.39, 0.29) is 24.1 Å². The Hall–Kier alpha value is -0.910. The molecule has 1 aliphatic rings. The van der Waals surface area contributed by atoms with Crippen LogP contribution in [-0.4, -0.2) is 47.3 Å². The predicted octanol–water partition coefficient (Wildman–Crippen LogP) is 2.51. The summed E-state index contributed by atoms with van der Waals surface area (Å²) in [6, 6.07) is 7.33. The number of hydrogen-bond acceptors (Lipinski definition) is 4. The number of carbonyl (C=O) groups excluding carboxylic acids is 1. The lowest BCUT2D eigenvalue weighted by Crippen LogP contribution is -2.43. The molecule has 1 unspecified atom stereocenters. The van der Waals surface area contributed by atoms with Gasteiger partial charge in [-0.1, -0.05) is 6.92 Å². The maximum absolute atomic E-state index is 12.4. The first-order valence-electron chi connectivity index (χ1n) is 7.12. The monoisotopic (exact) mass is 330 g/mol. The molecule has 1 aliphatic heterocycles. The van der Waals surface area contributed by atoms with E-state index in [2.05, 4.69) is 12.2 Å². The fourth-order valence-corrected chi connectivity index (χ4v) is 3.21. The second-order valence-electron chi connectivity index (χ2n) is 5.02. The Bertz CT molecular complexity index is 436. The van der Waals surface area contributed by atoms with Gasteiger partial charge in [-0.2, -0.15) is 0 Å². The molecule has 6 heteroatoms. The van der Waals surface area contributed by atoms with Crippen molar-refractivity contribution >= 4 is 30.1 Å². The Balaban J connectivity index is 0.00000220. The van der Waals surface area contributed by atoms with Crippen molar-refractivity contribution in [2.75, 3.05) is 25.4 Å². The van der Waals surface area contributed by atoms with Gasteiger partial charge in [0.05, 0.1) is 5.75 Å². The lowest BCUT2D eigenvalue weighted by Gasteiger charge is -2.28. The van der Waals surface area contributed by atoms with Gasteiger partial charge in [0.2, 0.25) is 5.91 Å². The largest absolute Gasteiger partial charge is 0.508 e. The fourth-order valence-electron chi connectivity index (χ4n) is 2.43. The molecule has 1 aromatic carbocycles. The van der Waals surface area contributed by atoms with Crippen molar-refractivity contribution < 1.29 is 9.90 Å². The van der Waals surface area contributed by atoms with Gasteiger partial charge in [-0.05, 0) is 43.7 Å². The first-order chi connectivity index (χ1) is 9.70. The average Bonchev–Trinajstić information content (AvgIpc) is 2.97. The summed E-state index contributed by atoms with van der Waals surface area (Å²) in [5, 5.41) is 12.6. The third-order valence-electron chi connectivity index (χ3n) is 3.46. The van der Waals surface area contributed by atoms with E-state index in [4.69, 9.17) is 0 Å². The van der Waals surface area contributed by atoms with Crippen molar-refractivity contribution in [1.82, 2.24) is 10.2 Å². The normalized spacial score (nSPS) is 17.3. The van der Waals surface area contributed by atoms with Crippen molar-refractivity contribution in [2.45, 2.75) is 30.7 Å². The lowest BCUT2D eigenvalue weighted by atomic mass is 10.2. The van der Waals surface area contributed by atoms with Crippen molar-refractivity contribution in [2.24, 2.45) is 0 Å². The highest BCUT2D eigenvalue weighted by Gasteiger charge is 2.25. The molecule has 1 atom stereocenters. The molecule has 0 aliphatic carbocycles. The second kappa shape index (κ2) is 9.18. The fraction of sp³-hybridized carbons (Fsp3) is 0.533. The minimum Gasteiger partial charge on any atom is -0.508 e. The summed E-state index contributed by atoms with van der Waals surface area (Å²) in [7, 11) is 0. The van der Waals surface area contributed by atoms with E-state index >= 15 is 0 Å². The van der Waals surface area contributed by atoms with E-state index < -0.39 is 0 Å². The summed E-state index contributed by atoms with van der Waals surface area (Å²) < 4.78 is 0. The molecule has 2 N–H and O–H groups in total. The SMILES string of the molecule is CCCN(C(=O)CSc1ccc(O)cc1)C1CCNC1.Cl. The summed E-state index contributed by atoms with van der Waals surface area (Å²) in [6.45, 7) is 4.86. The van der Waals surface area contributed by atoms with Crippen LogP contribution in [0, 0.1) is 0 Å². The molecular formula is C15H23ClN2O2S. The highest BCUT2D eigenvalue weighted by Crippen LogP contribution is 2.22. The number of thioether (sulfide) groups is 1. The van der Waals surface area contributed by atoms with Crippen LogP contribution in [-0.2, 0) is 4.79 Å². The zero-order chi connectivity index (χ0) is 14.4. The summed E-state index contributed by atoms with van der Waals surface area (Å²) in [4.78, 5) is 15.4. The van der Waals surface area contributed by atoms with Crippen LogP contribution in [0.15, 0.2) is 29.2 Å². The quantitative estimate of drug-likeness (QED) is 0.787. The van der Waals surface area contributed by atoms with Gasteiger partial charge >= 0.3 is 0 Å². The summed E-state index contributed by atoms with van der Waals surface area (Å²) in [5.41, 5.74) is 0. The number of carbonyl (C=O) groups is 1. The number of amides is 1. The Morgan fingerprint density at radius 2 is 2.14 bits per heavy atom. The van der Waals surface area contributed by atoms with E-state index in [1.165, 1.54) is 11.8 Å². The number of phenols is 1. The van der Waals surface area contributed by atoms with Gasteiger partial charge in [0, 0.05) is 24.0 Å². The smallest absolute Gasteiger partial charge is 0.233 e. The molecule has 4 nitrogen and oxygen atoms in total. The molecule has 0 bridgehead atoms. The first-order valence-corrected chi connectivity index (χ1v) is 8.11. The van der Waals surface area contributed by atoms with Crippen molar-refractivity contribution in [3.8, 4) is 5.75 Å². The Labute approximate surface area is 136 Å². The van der Waals surface area contributed by atoms with Gasteiger partial charge in [-0.25, -0.2) is 0 Å². The van der Waals surface area contributed by atoms with Crippen LogP contribution in [0.3, 0.4) is 0 Å². The molecule has 1 amide bonds. The molecule has 0 aromatic heterocycles. The van der Waals surface area contributed by atoms with Crippen molar-refractivity contribution in [3.05, 3.63) is 24.3 Å². The maximum Gasteiger partial charge on any atom is 0.233 e. The Morgan fingerprint density at radius 1 is 1.43 bits per heavy atom. The molecule has 0 spiro atoms. The van der Waals surface area contributed by atoms with Crippen LogP contribution in [0.4, 0.5) is 0 Å². The van der Waals surface area contributed by atoms with E-state index in [0.29, 0.717) is 11.8 Å². The standard InChI is InChI=1S/C15H22N2O2S.ClH/c1-2-9-17(12-7-8-16-10-12)15(19)11-20-14-5-3-13(18)4-6-14;/h3-6,12,16,18H,2,7-11H2,1H3;1H. The molecule has 1 saturated heterocycles. The predicted molar refractivity (Wildman–Crippen MR) is 89.4 cm³/mol. The molecule has 2 rings (SSSR count). The van der Waals surface area contributed by atoms with Gasteiger partial charge in [0.25, 0.3) is 0 Å². The van der Waals surface area contributed by atoms with Gasteiger partial charge in [0.15, 0.2) is 0 Å². The number of nitrogens with zero attached hydrogens (tertiary/aromatic N) is 1. The summed E-state index contributed by atoms with van der Waals surface area (Å²) in [5.74, 6) is 0.922. The number of aromatic hydroxyl groups is 1. The molecular weight excluding hydrogens is 308 g/mol. The first kappa shape index (κ1) is 18.1. The number of nitrogens with one attached hydrogen (secondary N) is 1. The third kappa shape index (κ3) is 5.41. The average molecular weight is 331 g/mol. The van der Waals surface area contributed by atoms with Gasteiger partial charge in [0.1, 0.15) is 5.75 Å². The van der Waals surface area contributed by atoms with Gasteiger partial charge in [-0.15, -0.1) is 24.2 Å². The minimum atomic E-state index is 0. The zero-order valence-electron chi connectivity index (χ0n) is 12.2. The van der Waals surface area contributed by atoms with Crippen LogP contribution >= 0.6 is 24.2 Å². The molecule has 118 valence electrons. The van der Waals surface area contributed by atoms with Gasteiger partial charge in [-0.3, -0.25) is 4.79 Å². The molecule has 0 radical (unpaired) electrons. The molecule has 1 aromatic rings. The van der Waals surface area contributed by atoms with Gasteiger partial charge < -0.3 is 15.3 Å². The number of phenolic OH excluding ortho intramolecular Hbond substituents is 1.